The second kappa shape index (κ2) is 9.32. The van der Waals surface area contributed by atoms with Crippen LogP contribution in [-0.2, 0) is 11.3 Å². The number of hydrogen-bond donors (Lipinski definition) is 1. The maximum absolute atomic E-state index is 14.2. The summed E-state index contributed by atoms with van der Waals surface area (Å²) in [4.78, 5) is 25.3. The van der Waals surface area contributed by atoms with Crippen LogP contribution in [0.1, 0.15) is 30.3 Å². The van der Waals surface area contributed by atoms with Gasteiger partial charge in [0.2, 0.25) is 5.91 Å². The van der Waals surface area contributed by atoms with Crippen LogP contribution < -0.4 is 10.2 Å². The summed E-state index contributed by atoms with van der Waals surface area (Å²) < 4.78 is 15.9. The molecule has 0 spiro atoms. The average molecular weight is 436 g/mol. The number of piperazine rings is 1. The zero-order valence-corrected chi connectivity index (χ0v) is 18.3. The SMILES string of the molecule is Cc1cc(C#N)ncc1N1CCN(C(=O)CCNCc2c(F)ccc3nccn23)[C@@H](C)C1. The number of amides is 1. The Bertz CT molecular complexity index is 1170. The number of aryl methyl sites for hydroxylation is 1. The highest BCUT2D eigenvalue weighted by molar-refractivity contribution is 5.77. The normalized spacial score (nSPS) is 16.4. The Morgan fingerprint density at radius 2 is 2.19 bits per heavy atom. The van der Waals surface area contributed by atoms with Gasteiger partial charge in [0.15, 0.2) is 0 Å². The van der Waals surface area contributed by atoms with Crippen molar-refractivity contribution in [1.29, 1.82) is 5.26 Å². The van der Waals surface area contributed by atoms with Crippen molar-refractivity contribution in [3.05, 3.63) is 59.6 Å². The fourth-order valence-corrected chi connectivity index (χ4v) is 4.23. The third-order valence-electron chi connectivity index (χ3n) is 5.91. The summed E-state index contributed by atoms with van der Waals surface area (Å²) >= 11 is 0. The number of halogens is 1. The van der Waals surface area contributed by atoms with Gasteiger partial charge in [-0.1, -0.05) is 0 Å². The number of nitrogens with one attached hydrogen (secondary N) is 1. The minimum atomic E-state index is -0.299. The lowest BCUT2D eigenvalue weighted by atomic mass is 10.1. The van der Waals surface area contributed by atoms with Gasteiger partial charge in [0.05, 0.1) is 17.6 Å². The standard InChI is InChI=1S/C23H26FN7O/c1-16-11-18(12-25)28-14-20(16)29-9-10-30(17(2)15-29)23(32)5-6-26-13-21-19(24)3-4-22-27-7-8-31(21)22/h3-4,7-8,11,14,17,26H,5-6,9-10,13,15H2,1-2H3/t17-/m0/s1. The largest absolute Gasteiger partial charge is 0.366 e. The van der Waals surface area contributed by atoms with Gasteiger partial charge >= 0.3 is 0 Å². The first-order chi connectivity index (χ1) is 15.5. The molecule has 1 amide bonds. The van der Waals surface area contributed by atoms with E-state index in [0.29, 0.717) is 56.2 Å². The van der Waals surface area contributed by atoms with Crippen LogP contribution in [-0.4, -0.2) is 57.4 Å². The highest BCUT2D eigenvalue weighted by atomic mass is 19.1. The monoisotopic (exact) mass is 435 g/mol. The van der Waals surface area contributed by atoms with Crippen molar-refractivity contribution >= 4 is 17.2 Å². The van der Waals surface area contributed by atoms with E-state index in [1.54, 1.807) is 35.1 Å². The predicted molar refractivity (Wildman–Crippen MR) is 119 cm³/mol. The van der Waals surface area contributed by atoms with Gasteiger partial charge < -0.3 is 15.1 Å². The van der Waals surface area contributed by atoms with Crippen LogP contribution in [0, 0.1) is 24.1 Å². The second-order valence-electron chi connectivity index (χ2n) is 8.06. The molecular formula is C23H26FN7O. The van der Waals surface area contributed by atoms with Crippen molar-refractivity contribution in [3.8, 4) is 6.07 Å². The molecule has 1 aliphatic heterocycles. The van der Waals surface area contributed by atoms with Gasteiger partial charge in [-0.2, -0.15) is 5.26 Å². The Hall–Kier alpha value is -3.51. The molecule has 3 aromatic rings. The molecule has 1 aliphatic rings. The van der Waals surface area contributed by atoms with Gasteiger partial charge in [-0.05, 0) is 37.6 Å². The third kappa shape index (κ3) is 4.41. The molecule has 32 heavy (non-hydrogen) atoms. The maximum Gasteiger partial charge on any atom is 0.224 e. The number of pyridine rings is 2. The van der Waals surface area contributed by atoms with Crippen LogP contribution in [0.4, 0.5) is 10.1 Å². The Morgan fingerprint density at radius 1 is 1.34 bits per heavy atom. The van der Waals surface area contributed by atoms with E-state index < -0.39 is 0 Å². The molecular weight excluding hydrogens is 409 g/mol. The average Bonchev–Trinajstić information content (AvgIpc) is 3.26. The topological polar surface area (TPSA) is 89.6 Å². The van der Waals surface area contributed by atoms with E-state index in [1.807, 2.05) is 18.7 Å². The Kier molecular flexibility index (Phi) is 6.32. The number of imidazole rings is 1. The van der Waals surface area contributed by atoms with Crippen molar-refractivity contribution in [2.24, 2.45) is 0 Å². The molecule has 8 nitrogen and oxygen atoms in total. The minimum Gasteiger partial charge on any atom is -0.366 e. The molecule has 1 saturated heterocycles. The fourth-order valence-electron chi connectivity index (χ4n) is 4.23. The number of anilines is 1. The Labute approximate surface area is 186 Å². The lowest BCUT2D eigenvalue weighted by molar-refractivity contribution is -0.133. The number of aromatic nitrogens is 3. The van der Waals surface area contributed by atoms with Crippen LogP contribution in [0.2, 0.25) is 0 Å². The summed E-state index contributed by atoms with van der Waals surface area (Å²) in [5, 5.41) is 12.2. The number of nitrogens with zero attached hydrogens (tertiary/aromatic N) is 6. The van der Waals surface area contributed by atoms with E-state index in [4.69, 9.17) is 5.26 Å². The molecule has 0 aromatic carbocycles. The number of fused-ring (bicyclic) bond motifs is 1. The number of carbonyl (C=O) groups is 1. The molecule has 1 N–H and O–H groups in total. The Balaban J connectivity index is 1.29. The highest BCUT2D eigenvalue weighted by Gasteiger charge is 2.28. The van der Waals surface area contributed by atoms with Crippen molar-refractivity contribution in [2.75, 3.05) is 31.1 Å². The zero-order valence-electron chi connectivity index (χ0n) is 18.3. The summed E-state index contributed by atoms with van der Waals surface area (Å²) in [5.74, 6) is -0.215. The summed E-state index contributed by atoms with van der Waals surface area (Å²) in [6.45, 7) is 6.85. The molecule has 166 valence electrons. The molecule has 4 heterocycles. The molecule has 3 aromatic heterocycles. The predicted octanol–water partition coefficient (Wildman–Crippen LogP) is 2.27. The summed E-state index contributed by atoms with van der Waals surface area (Å²) in [7, 11) is 0. The van der Waals surface area contributed by atoms with Crippen LogP contribution in [0.25, 0.3) is 5.65 Å². The number of carbonyl (C=O) groups excluding carboxylic acids is 1. The molecule has 9 heteroatoms. The smallest absolute Gasteiger partial charge is 0.224 e. The van der Waals surface area contributed by atoms with Gasteiger partial charge in [0, 0.05) is 57.6 Å². The van der Waals surface area contributed by atoms with Crippen LogP contribution in [0.5, 0.6) is 0 Å². The zero-order chi connectivity index (χ0) is 22.7. The lowest BCUT2D eigenvalue weighted by Crippen LogP contribution is -2.54. The minimum absolute atomic E-state index is 0.0587. The molecule has 1 atom stereocenters. The molecule has 0 unspecified atom stereocenters. The van der Waals surface area contributed by atoms with Crippen molar-refractivity contribution in [1.82, 2.24) is 24.6 Å². The molecule has 0 bridgehead atoms. The quantitative estimate of drug-likeness (QED) is 0.598. The fraction of sp³-hybridized carbons (Fsp3) is 0.391. The number of rotatable bonds is 6. The van der Waals surface area contributed by atoms with Gasteiger partial charge in [-0.25, -0.2) is 14.4 Å². The highest BCUT2D eigenvalue weighted by Crippen LogP contribution is 2.23. The van der Waals surface area contributed by atoms with E-state index in [9.17, 15) is 9.18 Å². The molecule has 0 saturated carbocycles. The molecule has 0 aliphatic carbocycles. The van der Waals surface area contributed by atoms with E-state index >= 15 is 0 Å². The van der Waals surface area contributed by atoms with E-state index in [1.165, 1.54) is 6.07 Å². The summed E-state index contributed by atoms with van der Waals surface area (Å²) in [6, 6.07) is 6.96. The number of nitriles is 1. The van der Waals surface area contributed by atoms with Gasteiger partial charge in [0.25, 0.3) is 0 Å². The third-order valence-corrected chi connectivity index (χ3v) is 5.91. The van der Waals surface area contributed by atoms with Crippen LogP contribution in [0.3, 0.4) is 0 Å². The summed E-state index contributed by atoms with van der Waals surface area (Å²) in [6.07, 6.45) is 5.45. The molecule has 4 rings (SSSR count). The Morgan fingerprint density at radius 3 is 2.94 bits per heavy atom. The van der Waals surface area contributed by atoms with Gasteiger partial charge in [-0.3, -0.25) is 9.20 Å². The van der Waals surface area contributed by atoms with Crippen molar-refractivity contribution in [3.63, 3.8) is 0 Å². The number of hydrogen-bond acceptors (Lipinski definition) is 6. The molecule has 0 radical (unpaired) electrons. The van der Waals surface area contributed by atoms with Crippen molar-refractivity contribution in [2.45, 2.75) is 32.9 Å². The molecule has 1 fully saturated rings. The summed E-state index contributed by atoms with van der Waals surface area (Å²) in [5.41, 5.74) is 3.61. The van der Waals surface area contributed by atoms with Gasteiger partial charge in [0.1, 0.15) is 23.2 Å². The second-order valence-corrected chi connectivity index (χ2v) is 8.06. The van der Waals surface area contributed by atoms with E-state index in [2.05, 4.69) is 26.3 Å². The van der Waals surface area contributed by atoms with Crippen LogP contribution >= 0.6 is 0 Å². The first-order valence-electron chi connectivity index (χ1n) is 10.7. The lowest BCUT2D eigenvalue weighted by Gasteiger charge is -2.41. The maximum atomic E-state index is 14.2. The first kappa shape index (κ1) is 21.7. The van der Waals surface area contributed by atoms with Crippen molar-refractivity contribution < 1.29 is 9.18 Å². The van der Waals surface area contributed by atoms with Gasteiger partial charge in [-0.15, -0.1) is 0 Å². The van der Waals surface area contributed by atoms with Crippen LogP contribution in [0.15, 0.2) is 36.8 Å². The van der Waals surface area contributed by atoms with E-state index in [0.717, 1.165) is 11.3 Å². The van der Waals surface area contributed by atoms with E-state index in [-0.39, 0.29) is 17.8 Å². The first-order valence-corrected chi connectivity index (χ1v) is 10.7.